The van der Waals surface area contributed by atoms with E-state index >= 15 is 0 Å². The molecule has 0 aromatic rings. The quantitative estimate of drug-likeness (QED) is 0.267. The van der Waals surface area contributed by atoms with Crippen LogP contribution in [0.5, 0.6) is 0 Å². The van der Waals surface area contributed by atoms with Crippen LogP contribution in [0.3, 0.4) is 0 Å². The molecule has 102 valence electrons. The van der Waals surface area contributed by atoms with E-state index in [0.29, 0.717) is 6.42 Å². The van der Waals surface area contributed by atoms with Gasteiger partial charge in [-0.25, -0.2) is 0 Å². The van der Waals surface area contributed by atoms with Crippen molar-refractivity contribution in [3.8, 4) is 0 Å². The van der Waals surface area contributed by atoms with E-state index in [-0.39, 0.29) is 29.6 Å². The zero-order valence-corrected chi connectivity index (χ0v) is 14.8. The molecule has 0 fully saturated rings. The first-order valence-corrected chi connectivity index (χ1v) is 7.76. The summed E-state index contributed by atoms with van der Waals surface area (Å²) in [5, 5.41) is 0. The first-order valence-electron chi connectivity index (χ1n) is 7.76. The molecule has 0 amide bonds. The molecule has 0 rings (SSSR count). The molecule has 0 radical (unpaired) electrons. The van der Waals surface area contributed by atoms with Crippen LogP contribution in [0.4, 0.5) is 0 Å². The minimum absolute atomic E-state index is 0. The van der Waals surface area contributed by atoms with E-state index in [2.05, 4.69) is 6.92 Å². The van der Waals surface area contributed by atoms with E-state index in [1.54, 1.807) is 0 Å². The van der Waals surface area contributed by atoms with Gasteiger partial charge in [0.15, 0.2) is 0 Å². The minimum atomic E-state index is 0. The molecule has 0 bridgehead atoms. The van der Waals surface area contributed by atoms with Gasteiger partial charge in [0.05, 0.1) is 0 Å². The smallest absolute Gasteiger partial charge is 0.542 e. The Morgan fingerprint density at radius 1 is 0.611 bits per heavy atom. The Bertz CT molecular complexity index is 148. The molecular weight excluding hydrogens is 231 g/mol. The van der Waals surface area contributed by atoms with Crippen molar-refractivity contribution in [3.63, 3.8) is 0 Å². The maximum atomic E-state index is 9.98. The molecule has 1 nitrogen and oxygen atoms in total. The number of hydrogen-bond acceptors (Lipinski definition) is 1. The number of rotatable bonds is 14. The molecule has 0 aliphatic carbocycles. The Morgan fingerprint density at radius 2 is 0.944 bits per heavy atom. The fourth-order valence-electron chi connectivity index (χ4n) is 2.21. The molecule has 2 heteroatoms. The Morgan fingerprint density at radius 3 is 1.28 bits per heavy atom. The molecule has 0 aromatic carbocycles. The van der Waals surface area contributed by atoms with Crippen molar-refractivity contribution in [1.29, 1.82) is 0 Å². The normalized spacial score (nSPS) is 10.1. The van der Waals surface area contributed by atoms with Gasteiger partial charge in [-0.15, -0.1) is 0 Å². The Kier molecular flexibility index (Phi) is 23.3. The molecule has 0 saturated heterocycles. The van der Waals surface area contributed by atoms with Gasteiger partial charge in [0.2, 0.25) is 0 Å². The molecule has 0 aromatic heterocycles. The average molecular weight is 262 g/mol. The van der Waals surface area contributed by atoms with Crippen LogP contribution < -0.4 is 29.6 Å². The van der Waals surface area contributed by atoms with Gasteiger partial charge < -0.3 is 4.79 Å². The van der Waals surface area contributed by atoms with Gasteiger partial charge in [0.1, 0.15) is 0 Å². The molecular formula is C16H31NaO. The summed E-state index contributed by atoms with van der Waals surface area (Å²) in [4.78, 5) is 9.98. The molecule has 0 aliphatic rings. The standard InChI is InChI=1S/C16H31O.Na/c1-2-3-4-5-6-7-8-9-10-11-12-13-14-15-16-17;/h2-15H2,1H3;/q-1;+1. The zero-order chi connectivity index (χ0) is 12.6. The van der Waals surface area contributed by atoms with E-state index in [9.17, 15) is 4.79 Å². The largest absolute Gasteiger partial charge is 1.00 e. The van der Waals surface area contributed by atoms with Crippen molar-refractivity contribution in [2.75, 3.05) is 0 Å². The average Bonchev–Trinajstić information content (AvgIpc) is 2.35. The molecule has 0 spiro atoms. The van der Waals surface area contributed by atoms with Crippen molar-refractivity contribution in [3.05, 3.63) is 0 Å². The van der Waals surface area contributed by atoms with Gasteiger partial charge in [-0.3, -0.25) is 6.29 Å². The molecule has 0 saturated carbocycles. The number of unbranched alkanes of at least 4 members (excludes halogenated alkanes) is 13. The van der Waals surface area contributed by atoms with Crippen molar-refractivity contribution < 1.29 is 34.4 Å². The van der Waals surface area contributed by atoms with E-state index in [4.69, 9.17) is 0 Å². The third kappa shape index (κ3) is 19.0. The van der Waals surface area contributed by atoms with Crippen molar-refractivity contribution in [2.24, 2.45) is 0 Å². The summed E-state index contributed by atoms with van der Waals surface area (Å²) in [7, 11) is 0. The summed E-state index contributed by atoms with van der Waals surface area (Å²) in [5.74, 6) is 0. The number of carbonyl (C=O) groups excluding carboxylic acids is 1. The molecule has 0 unspecified atom stereocenters. The monoisotopic (exact) mass is 262 g/mol. The van der Waals surface area contributed by atoms with Crippen LogP contribution in [0.25, 0.3) is 0 Å². The second-order valence-electron chi connectivity index (χ2n) is 5.14. The van der Waals surface area contributed by atoms with Crippen LogP contribution in [0.1, 0.15) is 96.8 Å². The molecule has 0 heterocycles. The molecule has 0 aliphatic heterocycles. The van der Waals surface area contributed by atoms with E-state index < -0.39 is 0 Å². The Balaban J connectivity index is 0. The zero-order valence-electron chi connectivity index (χ0n) is 12.8. The van der Waals surface area contributed by atoms with Gasteiger partial charge in [-0.05, 0) is 0 Å². The minimum Gasteiger partial charge on any atom is -0.542 e. The first kappa shape index (κ1) is 21.0. The summed E-state index contributed by atoms with van der Waals surface area (Å²) in [5.41, 5.74) is 0. The van der Waals surface area contributed by atoms with Crippen LogP contribution in [0.15, 0.2) is 0 Å². The van der Waals surface area contributed by atoms with Crippen LogP contribution in [0, 0.1) is 0 Å². The third-order valence-corrected chi connectivity index (χ3v) is 3.38. The van der Waals surface area contributed by atoms with Crippen LogP contribution in [0.2, 0.25) is 0 Å². The summed E-state index contributed by atoms with van der Waals surface area (Å²) in [6.07, 6.45) is 20.2. The van der Waals surface area contributed by atoms with E-state index in [1.165, 1.54) is 77.0 Å². The first-order chi connectivity index (χ1) is 8.41. The molecule has 18 heavy (non-hydrogen) atoms. The molecule has 0 atom stereocenters. The topological polar surface area (TPSA) is 17.1 Å². The fraction of sp³-hybridized carbons (Fsp3) is 0.938. The summed E-state index contributed by atoms with van der Waals surface area (Å²) >= 11 is 0. The summed E-state index contributed by atoms with van der Waals surface area (Å²) < 4.78 is 0. The second kappa shape index (κ2) is 20.0. The summed E-state index contributed by atoms with van der Waals surface area (Å²) in [6, 6.07) is 0. The summed E-state index contributed by atoms with van der Waals surface area (Å²) in [6.45, 7) is 2.27. The maximum absolute atomic E-state index is 9.98. The van der Waals surface area contributed by atoms with Gasteiger partial charge in [-0.1, -0.05) is 90.4 Å². The fourth-order valence-corrected chi connectivity index (χ4v) is 2.21. The van der Waals surface area contributed by atoms with Crippen molar-refractivity contribution >= 4 is 6.29 Å². The Hall–Kier alpha value is 0.670. The van der Waals surface area contributed by atoms with Crippen LogP contribution in [-0.2, 0) is 4.79 Å². The third-order valence-electron chi connectivity index (χ3n) is 3.38. The SMILES string of the molecule is CCCCCCCCCCCCCCC[C-]=O.[Na+]. The van der Waals surface area contributed by atoms with Gasteiger partial charge in [0, 0.05) is 0 Å². The van der Waals surface area contributed by atoms with Crippen molar-refractivity contribution in [2.45, 2.75) is 96.8 Å². The number of hydrogen-bond donors (Lipinski definition) is 0. The molecule has 0 N–H and O–H groups in total. The van der Waals surface area contributed by atoms with Gasteiger partial charge in [-0.2, -0.15) is 6.42 Å². The van der Waals surface area contributed by atoms with Crippen molar-refractivity contribution in [1.82, 2.24) is 0 Å². The van der Waals surface area contributed by atoms with E-state index in [0.717, 1.165) is 6.42 Å². The van der Waals surface area contributed by atoms with Gasteiger partial charge >= 0.3 is 29.6 Å². The predicted octanol–water partition coefficient (Wildman–Crippen LogP) is 2.58. The second-order valence-corrected chi connectivity index (χ2v) is 5.14. The Labute approximate surface area is 137 Å². The predicted molar refractivity (Wildman–Crippen MR) is 76.0 cm³/mol. The van der Waals surface area contributed by atoms with Crippen LogP contribution >= 0.6 is 0 Å². The van der Waals surface area contributed by atoms with Gasteiger partial charge in [0.25, 0.3) is 0 Å². The maximum Gasteiger partial charge on any atom is 1.00 e. The van der Waals surface area contributed by atoms with Crippen LogP contribution in [-0.4, -0.2) is 6.29 Å². The van der Waals surface area contributed by atoms with E-state index in [1.807, 2.05) is 6.29 Å².